The van der Waals surface area contributed by atoms with Gasteiger partial charge in [0, 0.05) is 44.8 Å². The summed E-state index contributed by atoms with van der Waals surface area (Å²) in [5.74, 6) is -0.155. The van der Waals surface area contributed by atoms with E-state index >= 15 is 0 Å². The summed E-state index contributed by atoms with van der Waals surface area (Å²) in [6, 6.07) is 4.87. The highest BCUT2D eigenvalue weighted by molar-refractivity contribution is 5.92. The lowest BCUT2D eigenvalue weighted by molar-refractivity contribution is -0.149. The van der Waals surface area contributed by atoms with Crippen molar-refractivity contribution >= 4 is 23.6 Å². The molecule has 5 atom stereocenters. The van der Waals surface area contributed by atoms with Crippen LogP contribution >= 0.6 is 0 Å². The van der Waals surface area contributed by atoms with Gasteiger partial charge >= 0.3 is 5.97 Å². The Balaban J connectivity index is 1.79. The molecular formula is C35H56N4O5. The van der Waals surface area contributed by atoms with E-state index in [9.17, 15) is 19.2 Å². The number of hydrogen-bond acceptors (Lipinski definition) is 7. The lowest BCUT2D eigenvalue weighted by Crippen LogP contribution is -2.47. The van der Waals surface area contributed by atoms with Crippen LogP contribution in [0.4, 0.5) is 0 Å². The molecule has 0 unspecified atom stereocenters. The minimum absolute atomic E-state index is 0.0172. The van der Waals surface area contributed by atoms with Gasteiger partial charge in [-0.3, -0.25) is 24.1 Å². The van der Waals surface area contributed by atoms with Crippen molar-refractivity contribution < 1.29 is 23.9 Å². The van der Waals surface area contributed by atoms with Gasteiger partial charge in [-0.1, -0.05) is 47.1 Å². The molecule has 246 valence electrons. The van der Waals surface area contributed by atoms with Gasteiger partial charge in [0.05, 0.1) is 11.7 Å². The Labute approximate surface area is 264 Å². The van der Waals surface area contributed by atoms with E-state index in [-0.39, 0.29) is 65.6 Å². The van der Waals surface area contributed by atoms with E-state index in [0.717, 1.165) is 51.5 Å². The molecule has 1 aromatic heterocycles. The fourth-order valence-electron chi connectivity index (χ4n) is 6.65. The molecule has 0 aromatic carbocycles. The van der Waals surface area contributed by atoms with Gasteiger partial charge in [-0.15, -0.1) is 0 Å². The Bertz CT molecular complexity index is 1130. The van der Waals surface area contributed by atoms with E-state index in [2.05, 4.69) is 36.0 Å². The third-order valence-corrected chi connectivity index (χ3v) is 9.37. The number of carbonyl (C=O) groups is 4. The number of hydrogen-bond donors (Lipinski definition) is 1. The summed E-state index contributed by atoms with van der Waals surface area (Å²) in [4.78, 5) is 61.3. The Hall–Kier alpha value is -2.81. The average molecular weight is 613 g/mol. The van der Waals surface area contributed by atoms with Crippen molar-refractivity contribution in [2.45, 2.75) is 124 Å². The molecule has 1 aliphatic heterocycles. The minimum atomic E-state index is -0.738. The van der Waals surface area contributed by atoms with Crippen LogP contribution in [-0.4, -0.2) is 77.1 Å². The quantitative estimate of drug-likeness (QED) is 0.243. The minimum Gasteiger partial charge on any atom is -0.456 e. The summed E-state index contributed by atoms with van der Waals surface area (Å²) >= 11 is 0. The maximum Gasteiger partial charge on any atom is 0.303 e. The zero-order valence-electron chi connectivity index (χ0n) is 28.3. The number of amides is 2. The second kappa shape index (κ2) is 16.5. The van der Waals surface area contributed by atoms with Crippen LogP contribution in [0.3, 0.4) is 0 Å². The normalized spacial score (nSPS) is 20.1. The van der Waals surface area contributed by atoms with Crippen LogP contribution in [0.25, 0.3) is 0 Å². The summed E-state index contributed by atoms with van der Waals surface area (Å²) in [6.45, 7) is 12.7. The molecule has 1 N–H and O–H groups in total. The second-order valence-corrected chi connectivity index (χ2v) is 13.9. The zero-order valence-corrected chi connectivity index (χ0v) is 28.3. The molecule has 2 fully saturated rings. The smallest absolute Gasteiger partial charge is 0.303 e. The molecule has 1 saturated carbocycles. The van der Waals surface area contributed by atoms with Crippen molar-refractivity contribution in [3.63, 3.8) is 0 Å². The van der Waals surface area contributed by atoms with Gasteiger partial charge in [0.15, 0.2) is 5.78 Å². The number of aromatic nitrogens is 1. The molecule has 1 saturated heterocycles. The average Bonchev–Trinajstić information content (AvgIpc) is 3.82. The van der Waals surface area contributed by atoms with Crippen LogP contribution in [0.15, 0.2) is 18.2 Å². The predicted molar refractivity (Wildman–Crippen MR) is 172 cm³/mol. The van der Waals surface area contributed by atoms with Crippen LogP contribution in [0.2, 0.25) is 0 Å². The molecule has 9 nitrogen and oxygen atoms in total. The Kier molecular flexibility index (Phi) is 13.4. The molecule has 0 bridgehead atoms. The fourth-order valence-corrected chi connectivity index (χ4v) is 6.65. The first-order valence-corrected chi connectivity index (χ1v) is 16.8. The number of likely N-dealkylation sites (tertiary alicyclic amines) is 1. The van der Waals surface area contributed by atoms with E-state index in [1.165, 1.54) is 6.92 Å². The molecular weight excluding hydrogens is 556 g/mol. The Morgan fingerprint density at radius 1 is 1.07 bits per heavy atom. The molecule has 2 amide bonds. The van der Waals surface area contributed by atoms with Crippen LogP contribution in [-0.2, 0) is 19.1 Å². The lowest BCUT2D eigenvalue weighted by Gasteiger charge is -2.36. The number of ether oxygens (including phenoxy) is 1. The predicted octanol–water partition coefficient (Wildman–Crippen LogP) is 5.58. The van der Waals surface area contributed by atoms with E-state index in [1.807, 2.05) is 20.9 Å². The van der Waals surface area contributed by atoms with E-state index < -0.39 is 12.1 Å². The number of carbonyl (C=O) groups excluding carboxylic acids is 4. The van der Waals surface area contributed by atoms with Gasteiger partial charge < -0.3 is 15.0 Å². The largest absolute Gasteiger partial charge is 0.456 e. The first kappa shape index (κ1) is 35.7. The highest BCUT2D eigenvalue weighted by Gasteiger charge is 2.42. The van der Waals surface area contributed by atoms with Crippen molar-refractivity contribution in [1.82, 2.24) is 20.1 Å². The number of rotatable bonds is 16. The molecule has 2 aliphatic rings. The van der Waals surface area contributed by atoms with Gasteiger partial charge in [-0.25, -0.2) is 4.98 Å². The number of pyridine rings is 1. The Morgan fingerprint density at radius 3 is 2.34 bits per heavy atom. The number of piperidine rings is 1. The molecule has 0 radical (unpaired) electrons. The monoisotopic (exact) mass is 612 g/mol. The van der Waals surface area contributed by atoms with Gasteiger partial charge in [-0.05, 0) is 82.0 Å². The summed E-state index contributed by atoms with van der Waals surface area (Å²) in [5.41, 5.74) is 0.748. The van der Waals surface area contributed by atoms with Crippen LogP contribution in [0.5, 0.6) is 0 Å². The number of likely N-dealkylation sites (N-methyl/N-ethyl adjacent to an activating group) is 1. The zero-order chi connectivity index (χ0) is 32.6. The topological polar surface area (TPSA) is 109 Å². The lowest BCUT2D eigenvalue weighted by atomic mass is 9.88. The molecule has 44 heavy (non-hydrogen) atoms. The maximum absolute atomic E-state index is 14.0. The number of ketones is 1. The molecule has 3 rings (SSSR count). The molecule has 9 heteroatoms. The third-order valence-electron chi connectivity index (χ3n) is 9.37. The molecule has 1 aliphatic carbocycles. The van der Waals surface area contributed by atoms with Crippen molar-refractivity contribution in [3.05, 3.63) is 29.6 Å². The fraction of sp³-hybridized carbons (Fsp3) is 0.743. The summed E-state index contributed by atoms with van der Waals surface area (Å²) < 4.78 is 5.78. The highest BCUT2D eigenvalue weighted by atomic mass is 16.5. The molecule has 1 aromatic rings. The van der Waals surface area contributed by atoms with Gasteiger partial charge in [0.1, 0.15) is 11.8 Å². The van der Waals surface area contributed by atoms with Gasteiger partial charge in [0.2, 0.25) is 5.91 Å². The van der Waals surface area contributed by atoms with Crippen molar-refractivity contribution in [2.75, 3.05) is 20.6 Å². The first-order chi connectivity index (χ1) is 20.8. The molecule has 2 heterocycles. The van der Waals surface area contributed by atoms with Crippen molar-refractivity contribution in [1.29, 1.82) is 0 Å². The number of nitrogens with zero attached hydrogens (tertiary/aromatic N) is 3. The first-order valence-electron chi connectivity index (χ1n) is 16.8. The number of nitrogens with one attached hydrogen (secondary N) is 1. The summed E-state index contributed by atoms with van der Waals surface area (Å²) in [5, 5.41) is 3.09. The van der Waals surface area contributed by atoms with Crippen molar-refractivity contribution in [3.8, 4) is 0 Å². The van der Waals surface area contributed by atoms with Crippen LogP contribution in [0, 0.1) is 23.7 Å². The van der Waals surface area contributed by atoms with E-state index in [4.69, 9.17) is 4.74 Å². The van der Waals surface area contributed by atoms with Crippen molar-refractivity contribution in [2.24, 2.45) is 23.7 Å². The summed E-state index contributed by atoms with van der Waals surface area (Å²) in [7, 11) is 3.81. The Morgan fingerprint density at radius 2 is 1.77 bits per heavy atom. The number of Topliss-reactive ketones (excluding diaryl/α,β-unsaturated/α-hetero) is 1. The third kappa shape index (κ3) is 10.1. The van der Waals surface area contributed by atoms with E-state index in [0.29, 0.717) is 18.0 Å². The summed E-state index contributed by atoms with van der Waals surface area (Å²) in [6.07, 6.45) is 6.50. The number of esters is 1. The van der Waals surface area contributed by atoms with Gasteiger partial charge in [-0.2, -0.15) is 0 Å². The standard InChI is InChI=1S/C35H56N4O5/c1-9-26(19-22(2)3)36-34(42)29-14-12-13-28(37-29)33(44-24(6)40)21-31(23(4)5)39(8)35(43)27(25-16-17-25)20-32(41)30-15-10-11-18-38(30)7/h12-14,22-23,25-27,30-31,33H,9-11,15-21H2,1-8H3,(H,36,42)/t26-,27-,30+,31+,33+/m0/s1. The van der Waals surface area contributed by atoms with Crippen LogP contribution < -0.4 is 5.32 Å². The SMILES string of the molecule is CC[C@@H](CC(C)C)NC(=O)c1cccc([C@@H](C[C@H](C(C)C)N(C)C(=O)[C@@H](CC(=O)[C@H]2CCCCN2C)C2CC2)OC(C)=O)n1. The van der Waals surface area contributed by atoms with Gasteiger partial charge in [0.25, 0.3) is 5.91 Å². The van der Waals surface area contributed by atoms with E-state index in [1.54, 1.807) is 30.1 Å². The molecule has 0 spiro atoms. The maximum atomic E-state index is 14.0. The van der Waals surface area contributed by atoms with Crippen LogP contribution in [0.1, 0.15) is 122 Å². The highest BCUT2D eigenvalue weighted by Crippen LogP contribution is 2.41. The second-order valence-electron chi connectivity index (χ2n) is 13.9.